The summed E-state index contributed by atoms with van der Waals surface area (Å²) in [6.45, 7) is 2.43. The van der Waals surface area contributed by atoms with Gasteiger partial charge in [-0.3, -0.25) is 5.32 Å². The van der Waals surface area contributed by atoms with Crippen LogP contribution in [-0.2, 0) is 0 Å². The zero-order valence-corrected chi connectivity index (χ0v) is 14.4. The van der Waals surface area contributed by atoms with E-state index in [1.807, 2.05) is 25.1 Å². The van der Waals surface area contributed by atoms with Crippen molar-refractivity contribution in [2.24, 2.45) is 0 Å². The highest BCUT2D eigenvalue weighted by molar-refractivity contribution is 7.98. The number of thioether (sulfide) groups is 1. The molecule has 24 heavy (non-hydrogen) atoms. The third kappa shape index (κ3) is 3.65. The van der Waals surface area contributed by atoms with Crippen LogP contribution in [0.2, 0.25) is 0 Å². The normalized spacial score (nSPS) is 10.6. The lowest BCUT2D eigenvalue weighted by Gasteiger charge is -2.07. The minimum atomic E-state index is -0.270. The molecule has 0 saturated heterocycles. The molecule has 0 fully saturated rings. The van der Waals surface area contributed by atoms with Crippen molar-refractivity contribution < 1.29 is 4.79 Å². The Kier molecular flexibility index (Phi) is 4.96. The van der Waals surface area contributed by atoms with Gasteiger partial charge in [-0.1, -0.05) is 12.1 Å². The number of carbonyl (C=O) groups is 1. The summed E-state index contributed by atoms with van der Waals surface area (Å²) in [5.41, 5.74) is 2.51. The van der Waals surface area contributed by atoms with Crippen LogP contribution in [-0.4, -0.2) is 28.8 Å². The topological polar surface area (TPSA) is 66.9 Å². The first kappa shape index (κ1) is 16.3. The smallest absolute Gasteiger partial charge is 0.320 e. The number of pyridine rings is 2. The summed E-state index contributed by atoms with van der Waals surface area (Å²) in [7, 11) is 0. The molecule has 0 bridgehead atoms. The molecule has 0 unspecified atom stereocenters. The third-order valence-corrected chi connectivity index (χ3v) is 4.26. The maximum absolute atomic E-state index is 11.6. The summed E-state index contributed by atoms with van der Waals surface area (Å²) in [4.78, 5) is 21.9. The van der Waals surface area contributed by atoms with Gasteiger partial charge in [0.1, 0.15) is 5.82 Å². The Morgan fingerprint density at radius 2 is 1.79 bits per heavy atom. The van der Waals surface area contributed by atoms with Crippen LogP contribution in [0.15, 0.2) is 53.4 Å². The lowest BCUT2D eigenvalue weighted by Crippen LogP contribution is -2.28. The zero-order chi connectivity index (χ0) is 16.9. The molecular weight excluding hydrogens is 320 g/mol. The van der Waals surface area contributed by atoms with Crippen molar-refractivity contribution in [3.8, 4) is 11.3 Å². The molecule has 0 aliphatic rings. The average Bonchev–Trinajstić information content (AvgIpc) is 2.61. The van der Waals surface area contributed by atoms with Crippen LogP contribution >= 0.6 is 11.8 Å². The van der Waals surface area contributed by atoms with Crippen molar-refractivity contribution in [2.45, 2.75) is 11.8 Å². The second-order valence-corrected chi connectivity index (χ2v) is 6.03. The molecule has 2 aromatic heterocycles. The van der Waals surface area contributed by atoms with Crippen LogP contribution in [0, 0.1) is 0 Å². The molecule has 6 heteroatoms. The van der Waals surface area contributed by atoms with Gasteiger partial charge in [0.15, 0.2) is 5.65 Å². The van der Waals surface area contributed by atoms with Gasteiger partial charge < -0.3 is 5.32 Å². The second-order valence-electron chi connectivity index (χ2n) is 5.15. The number of nitrogens with one attached hydrogen (secondary N) is 2. The molecule has 5 nitrogen and oxygen atoms in total. The minimum absolute atomic E-state index is 0.270. The number of hydrogen-bond acceptors (Lipinski definition) is 4. The molecule has 0 aliphatic carbocycles. The average molecular weight is 338 g/mol. The number of nitrogens with zero attached hydrogens (tertiary/aromatic N) is 2. The predicted molar refractivity (Wildman–Crippen MR) is 99.5 cm³/mol. The van der Waals surface area contributed by atoms with Crippen LogP contribution in [0.1, 0.15) is 6.92 Å². The Balaban J connectivity index is 1.91. The Morgan fingerprint density at radius 3 is 2.50 bits per heavy atom. The van der Waals surface area contributed by atoms with Gasteiger partial charge in [0, 0.05) is 22.4 Å². The van der Waals surface area contributed by atoms with E-state index in [1.54, 1.807) is 17.8 Å². The fraction of sp³-hybridized carbons (Fsp3) is 0.167. The first-order chi connectivity index (χ1) is 11.7. The Morgan fingerprint density at radius 1 is 1.04 bits per heavy atom. The Labute approximate surface area is 144 Å². The van der Waals surface area contributed by atoms with Crippen molar-refractivity contribution >= 4 is 34.6 Å². The van der Waals surface area contributed by atoms with Gasteiger partial charge in [-0.25, -0.2) is 14.8 Å². The standard InChI is InChI=1S/C18H18N4OS/c1-3-19-18(23)22-16-11-7-13-6-10-15(20-17(13)21-16)12-4-8-14(24-2)9-5-12/h4-11H,3H2,1-2H3,(H2,19,20,21,22,23). The number of amides is 2. The maximum atomic E-state index is 11.6. The molecule has 0 radical (unpaired) electrons. The number of hydrogen-bond donors (Lipinski definition) is 2. The lowest BCUT2D eigenvalue weighted by molar-refractivity contribution is 0.252. The fourth-order valence-corrected chi connectivity index (χ4v) is 2.72. The van der Waals surface area contributed by atoms with Gasteiger partial charge in [0.25, 0.3) is 0 Å². The molecule has 2 amide bonds. The minimum Gasteiger partial charge on any atom is -0.338 e. The van der Waals surface area contributed by atoms with Crippen molar-refractivity contribution in [1.82, 2.24) is 15.3 Å². The van der Waals surface area contributed by atoms with Crippen LogP contribution in [0.25, 0.3) is 22.3 Å². The van der Waals surface area contributed by atoms with E-state index in [2.05, 4.69) is 51.1 Å². The lowest BCUT2D eigenvalue weighted by atomic mass is 10.1. The monoisotopic (exact) mass is 338 g/mol. The predicted octanol–water partition coefficient (Wildman–Crippen LogP) is 4.16. The summed E-state index contributed by atoms with van der Waals surface area (Å²) in [5, 5.41) is 6.31. The van der Waals surface area contributed by atoms with Gasteiger partial charge in [-0.2, -0.15) is 0 Å². The van der Waals surface area contributed by atoms with E-state index in [9.17, 15) is 4.79 Å². The molecule has 0 spiro atoms. The first-order valence-corrected chi connectivity index (χ1v) is 8.89. The van der Waals surface area contributed by atoms with Crippen LogP contribution in [0.4, 0.5) is 10.6 Å². The summed E-state index contributed by atoms with van der Waals surface area (Å²) in [6, 6.07) is 15.6. The molecule has 0 atom stereocenters. The number of rotatable bonds is 4. The van der Waals surface area contributed by atoms with E-state index in [4.69, 9.17) is 0 Å². The summed E-state index contributed by atoms with van der Waals surface area (Å²) < 4.78 is 0. The highest BCUT2D eigenvalue weighted by Gasteiger charge is 2.06. The number of fused-ring (bicyclic) bond motifs is 1. The van der Waals surface area contributed by atoms with E-state index in [1.165, 1.54) is 4.90 Å². The van der Waals surface area contributed by atoms with E-state index in [-0.39, 0.29) is 6.03 Å². The third-order valence-electron chi connectivity index (χ3n) is 3.52. The summed E-state index contributed by atoms with van der Waals surface area (Å²) >= 11 is 1.71. The van der Waals surface area contributed by atoms with Crippen LogP contribution in [0.3, 0.4) is 0 Å². The molecule has 1 aromatic carbocycles. The Hall–Kier alpha value is -2.60. The summed E-state index contributed by atoms with van der Waals surface area (Å²) in [6.07, 6.45) is 2.05. The number of carbonyl (C=O) groups excluding carboxylic acids is 1. The van der Waals surface area contributed by atoms with Gasteiger partial charge in [0.2, 0.25) is 0 Å². The van der Waals surface area contributed by atoms with Crippen molar-refractivity contribution in [2.75, 3.05) is 18.1 Å². The quantitative estimate of drug-likeness (QED) is 0.701. The SMILES string of the molecule is CCNC(=O)Nc1ccc2ccc(-c3ccc(SC)cc3)nc2n1. The largest absolute Gasteiger partial charge is 0.338 e. The number of urea groups is 1. The van der Waals surface area contributed by atoms with Crippen LogP contribution in [0.5, 0.6) is 0 Å². The second kappa shape index (κ2) is 7.31. The molecule has 3 rings (SSSR count). The van der Waals surface area contributed by atoms with Gasteiger partial charge >= 0.3 is 6.03 Å². The van der Waals surface area contributed by atoms with Crippen LogP contribution < -0.4 is 10.6 Å². The highest BCUT2D eigenvalue weighted by Crippen LogP contribution is 2.23. The first-order valence-electron chi connectivity index (χ1n) is 7.66. The van der Waals surface area contributed by atoms with E-state index < -0.39 is 0 Å². The zero-order valence-electron chi connectivity index (χ0n) is 13.5. The van der Waals surface area contributed by atoms with E-state index >= 15 is 0 Å². The summed E-state index contributed by atoms with van der Waals surface area (Å²) in [5.74, 6) is 0.482. The van der Waals surface area contributed by atoms with Crippen molar-refractivity contribution in [3.63, 3.8) is 0 Å². The highest BCUT2D eigenvalue weighted by atomic mass is 32.2. The van der Waals surface area contributed by atoms with Crippen molar-refractivity contribution in [1.29, 1.82) is 0 Å². The fourth-order valence-electron chi connectivity index (χ4n) is 2.31. The van der Waals surface area contributed by atoms with E-state index in [0.717, 1.165) is 16.6 Å². The molecule has 0 saturated carbocycles. The van der Waals surface area contributed by atoms with Gasteiger partial charge in [0.05, 0.1) is 5.69 Å². The molecule has 2 heterocycles. The maximum Gasteiger partial charge on any atom is 0.320 e. The van der Waals surface area contributed by atoms with E-state index in [0.29, 0.717) is 18.0 Å². The molecule has 122 valence electrons. The number of anilines is 1. The Bertz CT molecular complexity index is 865. The molecular formula is C18H18N4OS. The molecule has 0 aliphatic heterocycles. The number of benzene rings is 1. The molecule has 3 aromatic rings. The number of aromatic nitrogens is 2. The van der Waals surface area contributed by atoms with Gasteiger partial charge in [-0.15, -0.1) is 11.8 Å². The van der Waals surface area contributed by atoms with Gasteiger partial charge in [-0.05, 0) is 49.6 Å². The van der Waals surface area contributed by atoms with Crippen molar-refractivity contribution in [3.05, 3.63) is 48.5 Å². The molecule has 2 N–H and O–H groups in total.